The van der Waals surface area contributed by atoms with Crippen molar-refractivity contribution in [3.63, 3.8) is 0 Å². The summed E-state index contributed by atoms with van der Waals surface area (Å²) in [5.41, 5.74) is 2.63. The summed E-state index contributed by atoms with van der Waals surface area (Å²) in [6.07, 6.45) is 0. The van der Waals surface area contributed by atoms with Crippen molar-refractivity contribution in [3.05, 3.63) is 40.9 Å². The Bertz CT molecular complexity index is 580. The lowest BCUT2D eigenvalue weighted by molar-refractivity contribution is 0.0595. The third-order valence-electron chi connectivity index (χ3n) is 2.75. The smallest absolute Gasteiger partial charge is 0.357 e. The summed E-state index contributed by atoms with van der Waals surface area (Å²) in [7, 11) is 1.36. The van der Waals surface area contributed by atoms with Crippen molar-refractivity contribution < 1.29 is 9.53 Å². The average Bonchev–Trinajstić information content (AvgIpc) is 2.88. The number of aryl methyl sites for hydroxylation is 1. The highest BCUT2D eigenvalue weighted by Gasteiger charge is 2.15. The number of esters is 1. The van der Waals surface area contributed by atoms with E-state index in [0.717, 1.165) is 17.4 Å². The van der Waals surface area contributed by atoms with Gasteiger partial charge < -0.3 is 9.64 Å². The first-order valence-corrected chi connectivity index (χ1v) is 6.91. The summed E-state index contributed by atoms with van der Waals surface area (Å²) >= 11 is 1.44. The minimum absolute atomic E-state index is 0.355. The first-order valence-electron chi connectivity index (χ1n) is 6.03. The average molecular weight is 276 g/mol. The second kappa shape index (κ2) is 5.84. The number of rotatable bonds is 4. The van der Waals surface area contributed by atoms with Crippen LogP contribution in [-0.2, 0) is 4.74 Å². The normalized spacial score (nSPS) is 10.3. The third-order valence-corrected chi connectivity index (χ3v) is 3.61. The molecule has 4 nitrogen and oxygen atoms in total. The minimum Gasteiger partial charge on any atom is -0.464 e. The molecule has 0 radical (unpaired) electrons. The molecule has 2 rings (SSSR count). The van der Waals surface area contributed by atoms with Crippen molar-refractivity contribution in [1.29, 1.82) is 0 Å². The molecule has 0 unspecified atom stereocenters. The van der Waals surface area contributed by atoms with Gasteiger partial charge in [0.2, 0.25) is 0 Å². The zero-order valence-electron chi connectivity index (χ0n) is 11.2. The minimum atomic E-state index is -0.400. The third kappa shape index (κ3) is 2.93. The largest absolute Gasteiger partial charge is 0.464 e. The fraction of sp³-hybridized carbons (Fsp3) is 0.286. The Morgan fingerprint density at radius 2 is 2.26 bits per heavy atom. The summed E-state index contributed by atoms with van der Waals surface area (Å²) in [6, 6.07) is 8.21. The first kappa shape index (κ1) is 13.5. The Balaban J connectivity index is 2.32. The van der Waals surface area contributed by atoms with Gasteiger partial charge in [-0.2, -0.15) is 0 Å². The zero-order chi connectivity index (χ0) is 13.8. The number of carbonyl (C=O) groups excluding carboxylic acids is 1. The molecule has 0 aliphatic carbocycles. The molecule has 2 aromatic rings. The first-order chi connectivity index (χ1) is 9.15. The maximum absolute atomic E-state index is 11.4. The summed E-state index contributed by atoms with van der Waals surface area (Å²) < 4.78 is 4.67. The maximum Gasteiger partial charge on any atom is 0.357 e. The van der Waals surface area contributed by atoms with E-state index in [9.17, 15) is 4.79 Å². The molecular weight excluding hydrogens is 260 g/mol. The molecule has 0 aliphatic rings. The SMILES string of the molecule is CCN(c1cccc(C)c1)c1nc(C(=O)OC)cs1. The monoisotopic (exact) mass is 276 g/mol. The van der Waals surface area contributed by atoms with Gasteiger partial charge in [-0.1, -0.05) is 12.1 Å². The van der Waals surface area contributed by atoms with Gasteiger partial charge in [0.25, 0.3) is 0 Å². The lowest BCUT2D eigenvalue weighted by Crippen LogP contribution is -2.16. The van der Waals surface area contributed by atoms with E-state index in [4.69, 9.17) is 0 Å². The van der Waals surface area contributed by atoms with Gasteiger partial charge in [0.1, 0.15) is 0 Å². The van der Waals surface area contributed by atoms with Crippen LogP contribution in [0, 0.1) is 6.92 Å². The topological polar surface area (TPSA) is 42.4 Å². The van der Waals surface area contributed by atoms with Crippen LogP contribution in [0.5, 0.6) is 0 Å². The predicted octanol–water partition coefficient (Wildman–Crippen LogP) is 3.40. The van der Waals surface area contributed by atoms with E-state index in [-0.39, 0.29) is 0 Å². The molecule has 1 aromatic carbocycles. The summed E-state index contributed by atoms with van der Waals surface area (Å²) in [4.78, 5) is 17.8. The van der Waals surface area contributed by atoms with Gasteiger partial charge in [0, 0.05) is 17.6 Å². The van der Waals surface area contributed by atoms with Gasteiger partial charge in [-0.25, -0.2) is 9.78 Å². The molecule has 5 heteroatoms. The van der Waals surface area contributed by atoms with E-state index < -0.39 is 5.97 Å². The molecule has 100 valence electrons. The van der Waals surface area contributed by atoms with Crippen LogP contribution in [0.4, 0.5) is 10.8 Å². The Morgan fingerprint density at radius 1 is 1.47 bits per heavy atom. The second-order valence-electron chi connectivity index (χ2n) is 4.09. The lowest BCUT2D eigenvalue weighted by atomic mass is 10.2. The summed E-state index contributed by atoms with van der Waals surface area (Å²) in [5, 5.41) is 2.52. The van der Waals surface area contributed by atoms with Crippen molar-refractivity contribution in [2.75, 3.05) is 18.6 Å². The Morgan fingerprint density at radius 3 is 2.89 bits per heavy atom. The van der Waals surface area contributed by atoms with Gasteiger partial charge in [0.15, 0.2) is 10.8 Å². The fourth-order valence-corrected chi connectivity index (χ4v) is 2.69. The fourth-order valence-electron chi connectivity index (χ4n) is 1.81. The molecule has 0 saturated carbocycles. The van der Waals surface area contributed by atoms with Gasteiger partial charge in [-0.15, -0.1) is 11.3 Å². The van der Waals surface area contributed by atoms with E-state index in [1.54, 1.807) is 5.38 Å². The molecule has 1 heterocycles. The van der Waals surface area contributed by atoms with Crippen LogP contribution >= 0.6 is 11.3 Å². The quantitative estimate of drug-likeness (QED) is 0.803. The van der Waals surface area contributed by atoms with Crippen LogP contribution in [0.25, 0.3) is 0 Å². The van der Waals surface area contributed by atoms with Crippen LogP contribution in [-0.4, -0.2) is 24.6 Å². The Hall–Kier alpha value is -1.88. The molecule has 0 amide bonds. The number of methoxy groups -OCH3 is 1. The Kier molecular flexibility index (Phi) is 4.16. The van der Waals surface area contributed by atoms with Crippen LogP contribution in [0.1, 0.15) is 23.0 Å². The van der Waals surface area contributed by atoms with Crippen molar-refractivity contribution in [1.82, 2.24) is 4.98 Å². The summed E-state index contributed by atoms with van der Waals surface area (Å²) in [5.74, 6) is -0.400. The number of anilines is 2. The van der Waals surface area contributed by atoms with Crippen molar-refractivity contribution in [2.24, 2.45) is 0 Å². The van der Waals surface area contributed by atoms with Crippen molar-refractivity contribution in [2.45, 2.75) is 13.8 Å². The van der Waals surface area contributed by atoms with Gasteiger partial charge in [0.05, 0.1) is 7.11 Å². The van der Waals surface area contributed by atoms with Crippen molar-refractivity contribution >= 4 is 28.1 Å². The molecule has 0 bridgehead atoms. The zero-order valence-corrected chi connectivity index (χ0v) is 12.0. The highest BCUT2D eigenvalue weighted by atomic mass is 32.1. The van der Waals surface area contributed by atoms with E-state index in [1.165, 1.54) is 24.0 Å². The Labute approximate surface area is 116 Å². The number of aromatic nitrogens is 1. The molecule has 0 fully saturated rings. The van der Waals surface area contributed by atoms with Crippen LogP contribution in [0.15, 0.2) is 29.6 Å². The second-order valence-corrected chi connectivity index (χ2v) is 4.93. The van der Waals surface area contributed by atoms with Gasteiger partial charge >= 0.3 is 5.97 Å². The highest BCUT2D eigenvalue weighted by molar-refractivity contribution is 7.14. The predicted molar refractivity (Wildman–Crippen MR) is 77.3 cm³/mol. The number of hydrogen-bond acceptors (Lipinski definition) is 5. The molecule has 0 atom stereocenters. The van der Waals surface area contributed by atoms with E-state index in [2.05, 4.69) is 40.6 Å². The lowest BCUT2D eigenvalue weighted by Gasteiger charge is -2.20. The standard InChI is InChI=1S/C14H16N2O2S/c1-4-16(11-7-5-6-10(2)8-11)14-15-12(9-19-14)13(17)18-3/h5-9H,4H2,1-3H3. The van der Waals surface area contributed by atoms with E-state index >= 15 is 0 Å². The molecule has 0 aliphatic heterocycles. The number of carbonyl (C=O) groups is 1. The van der Waals surface area contributed by atoms with Crippen LogP contribution in [0.2, 0.25) is 0 Å². The molecule has 0 spiro atoms. The number of hydrogen-bond donors (Lipinski definition) is 0. The van der Waals surface area contributed by atoms with Crippen molar-refractivity contribution in [3.8, 4) is 0 Å². The number of benzene rings is 1. The van der Waals surface area contributed by atoms with E-state index in [1.807, 2.05) is 12.1 Å². The highest BCUT2D eigenvalue weighted by Crippen LogP contribution is 2.28. The molecular formula is C14H16N2O2S. The number of nitrogens with zero attached hydrogens (tertiary/aromatic N) is 2. The molecule has 0 saturated heterocycles. The van der Waals surface area contributed by atoms with Crippen LogP contribution in [0.3, 0.4) is 0 Å². The molecule has 0 N–H and O–H groups in total. The van der Waals surface area contributed by atoms with Crippen LogP contribution < -0.4 is 4.90 Å². The maximum atomic E-state index is 11.4. The van der Waals surface area contributed by atoms with Gasteiger partial charge in [-0.05, 0) is 31.5 Å². The van der Waals surface area contributed by atoms with E-state index in [0.29, 0.717) is 5.69 Å². The van der Waals surface area contributed by atoms with Gasteiger partial charge in [-0.3, -0.25) is 0 Å². The molecule has 19 heavy (non-hydrogen) atoms. The number of thiazole rings is 1. The summed E-state index contributed by atoms with van der Waals surface area (Å²) in [6.45, 7) is 4.90. The number of ether oxygens (including phenoxy) is 1. The molecule has 1 aromatic heterocycles.